The molecule has 1 atom stereocenters. The van der Waals surface area contributed by atoms with E-state index >= 15 is 0 Å². The monoisotopic (exact) mass is 285 g/mol. The topological polar surface area (TPSA) is 40.9 Å². The summed E-state index contributed by atoms with van der Waals surface area (Å²) in [5, 5.41) is 9.35. The summed E-state index contributed by atoms with van der Waals surface area (Å²) in [5.41, 5.74) is 0.507. The van der Waals surface area contributed by atoms with Gasteiger partial charge in [-0.3, -0.25) is 4.79 Å². The maximum atomic E-state index is 11.8. The molecule has 0 N–H and O–H groups in total. The molecule has 0 saturated carbocycles. The third-order valence-corrected chi connectivity index (χ3v) is 2.97. The van der Waals surface area contributed by atoms with Crippen LogP contribution in [0.1, 0.15) is 23.7 Å². The molecule has 1 aromatic rings. The number of ketones is 1. The highest BCUT2D eigenvalue weighted by Gasteiger charge is 2.19. The first kappa shape index (κ1) is 12.2. The minimum Gasteiger partial charge on any atom is -0.293 e. The summed E-state index contributed by atoms with van der Waals surface area (Å²) in [6, 6.07) is 6.92. The first-order chi connectivity index (χ1) is 7.10. The fourth-order valence-electron chi connectivity index (χ4n) is 1.21. The van der Waals surface area contributed by atoms with E-state index in [2.05, 4.69) is 15.9 Å². The van der Waals surface area contributed by atoms with E-state index < -0.39 is 5.92 Å². The molecular formula is C11H9BrClNO. The summed E-state index contributed by atoms with van der Waals surface area (Å²) in [5.74, 6) is -0.744. The first-order valence-corrected chi connectivity index (χ1v) is 5.66. The van der Waals surface area contributed by atoms with Crippen molar-refractivity contribution in [1.29, 1.82) is 5.26 Å². The Morgan fingerprint density at radius 1 is 1.67 bits per heavy atom. The Morgan fingerprint density at radius 2 is 2.33 bits per heavy atom. The maximum absolute atomic E-state index is 11.8. The number of carbonyl (C=O) groups excluding carboxylic acids is 1. The lowest BCUT2D eigenvalue weighted by Gasteiger charge is -2.07. The summed E-state index contributed by atoms with van der Waals surface area (Å²) in [6.07, 6.45) is 0.518. The SMILES string of the molecule is CCC(C#N)C(=O)c1ccc(Cl)cc1Br. The minimum atomic E-state index is -0.581. The predicted molar refractivity (Wildman–Crippen MR) is 62.9 cm³/mol. The second-order valence-electron chi connectivity index (χ2n) is 3.08. The summed E-state index contributed by atoms with van der Waals surface area (Å²) in [4.78, 5) is 11.8. The van der Waals surface area contributed by atoms with Gasteiger partial charge < -0.3 is 0 Å². The van der Waals surface area contributed by atoms with E-state index in [9.17, 15) is 4.79 Å². The van der Waals surface area contributed by atoms with Crippen molar-refractivity contribution in [3.05, 3.63) is 33.3 Å². The molecule has 0 spiro atoms. The second-order valence-corrected chi connectivity index (χ2v) is 4.37. The van der Waals surface area contributed by atoms with Crippen LogP contribution < -0.4 is 0 Å². The second kappa shape index (κ2) is 5.29. The van der Waals surface area contributed by atoms with Gasteiger partial charge in [0.2, 0.25) is 0 Å². The summed E-state index contributed by atoms with van der Waals surface area (Å²) in [6.45, 7) is 1.82. The van der Waals surface area contributed by atoms with E-state index in [0.717, 1.165) is 0 Å². The van der Waals surface area contributed by atoms with E-state index in [0.29, 0.717) is 21.5 Å². The molecule has 0 aliphatic heterocycles. The van der Waals surface area contributed by atoms with Crippen LogP contribution in [0.2, 0.25) is 5.02 Å². The molecule has 1 aromatic carbocycles. The van der Waals surface area contributed by atoms with E-state index in [1.807, 2.05) is 13.0 Å². The lowest BCUT2D eigenvalue weighted by Crippen LogP contribution is -2.12. The number of hydrogen-bond donors (Lipinski definition) is 0. The molecule has 0 aromatic heterocycles. The number of halogens is 2. The average molecular weight is 287 g/mol. The van der Waals surface area contributed by atoms with E-state index in [1.54, 1.807) is 18.2 Å². The number of nitriles is 1. The van der Waals surface area contributed by atoms with Gasteiger partial charge in [0.05, 0.1) is 6.07 Å². The molecule has 0 bridgehead atoms. The zero-order valence-corrected chi connectivity index (χ0v) is 10.5. The van der Waals surface area contributed by atoms with Gasteiger partial charge in [0.25, 0.3) is 0 Å². The highest BCUT2D eigenvalue weighted by Crippen LogP contribution is 2.24. The maximum Gasteiger partial charge on any atom is 0.181 e. The average Bonchev–Trinajstić information content (AvgIpc) is 2.19. The fraction of sp³-hybridized carbons (Fsp3) is 0.273. The Morgan fingerprint density at radius 3 is 2.80 bits per heavy atom. The van der Waals surface area contributed by atoms with Crippen molar-refractivity contribution in [2.24, 2.45) is 5.92 Å². The molecule has 78 valence electrons. The van der Waals surface area contributed by atoms with Crippen LogP contribution in [-0.4, -0.2) is 5.78 Å². The van der Waals surface area contributed by atoms with Gasteiger partial charge in [0.15, 0.2) is 5.78 Å². The molecule has 1 unspecified atom stereocenters. The van der Waals surface area contributed by atoms with Gasteiger partial charge in [0.1, 0.15) is 5.92 Å². The molecule has 1 rings (SSSR count). The van der Waals surface area contributed by atoms with Crippen molar-refractivity contribution < 1.29 is 4.79 Å². The molecule has 0 fully saturated rings. The molecule has 15 heavy (non-hydrogen) atoms. The van der Waals surface area contributed by atoms with Gasteiger partial charge in [0, 0.05) is 15.1 Å². The number of rotatable bonds is 3. The fourth-order valence-corrected chi connectivity index (χ4v) is 2.09. The van der Waals surface area contributed by atoms with Crippen LogP contribution in [0.5, 0.6) is 0 Å². The standard InChI is InChI=1S/C11H9BrClNO/c1-2-7(6-14)11(15)9-4-3-8(13)5-10(9)12/h3-5,7H,2H2,1H3. The lowest BCUT2D eigenvalue weighted by atomic mass is 9.97. The molecule has 0 amide bonds. The number of nitrogens with zero attached hydrogens (tertiary/aromatic N) is 1. The van der Waals surface area contributed by atoms with E-state index in [-0.39, 0.29) is 5.78 Å². The van der Waals surface area contributed by atoms with E-state index in [4.69, 9.17) is 16.9 Å². The normalized spacial score (nSPS) is 11.9. The van der Waals surface area contributed by atoms with Gasteiger partial charge in [-0.2, -0.15) is 5.26 Å². The Hall–Kier alpha value is -0.850. The van der Waals surface area contributed by atoms with Crippen molar-refractivity contribution in [3.8, 4) is 6.07 Å². The van der Waals surface area contributed by atoms with Gasteiger partial charge in [-0.1, -0.05) is 18.5 Å². The van der Waals surface area contributed by atoms with Gasteiger partial charge in [-0.05, 0) is 40.5 Å². The Balaban J connectivity index is 3.07. The van der Waals surface area contributed by atoms with Crippen molar-refractivity contribution in [1.82, 2.24) is 0 Å². The molecular weight excluding hydrogens is 277 g/mol. The van der Waals surface area contributed by atoms with Gasteiger partial charge in [-0.25, -0.2) is 0 Å². The van der Waals surface area contributed by atoms with Crippen LogP contribution in [0.4, 0.5) is 0 Å². The number of hydrogen-bond acceptors (Lipinski definition) is 2. The number of benzene rings is 1. The van der Waals surface area contributed by atoms with Gasteiger partial charge in [-0.15, -0.1) is 0 Å². The minimum absolute atomic E-state index is 0.163. The van der Waals surface area contributed by atoms with Crippen LogP contribution in [0.3, 0.4) is 0 Å². The Bertz CT molecular complexity index is 425. The van der Waals surface area contributed by atoms with Crippen molar-refractivity contribution in [2.75, 3.05) is 0 Å². The smallest absolute Gasteiger partial charge is 0.181 e. The predicted octanol–water partition coefficient (Wildman–Crippen LogP) is 3.83. The first-order valence-electron chi connectivity index (χ1n) is 4.49. The quantitative estimate of drug-likeness (QED) is 0.792. The van der Waals surface area contributed by atoms with Crippen molar-refractivity contribution in [2.45, 2.75) is 13.3 Å². The van der Waals surface area contributed by atoms with Crippen molar-refractivity contribution >= 4 is 33.3 Å². The third-order valence-electron chi connectivity index (χ3n) is 2.08. The molecule has 4 heteroatoms. The summed E-state index contributed by atoms with van der Waals surface area (Å²) in [7, 11) is 0. The molecule has 0 aliphatic carbocycles. The molecule has 0 radical (unpaired) electrons. The van der Waals surface area contributed by atoms with Crippen LogP contribution in [0.25, 0.3) is 0 Å². The molecule has 0 heterocycles. The number of carbonyl (C=O) groups is 1. The largest absolute Gasteiger partial charge is 0.293 e. The van der Waals surface area contributed by atoms with Crippen LogP contribution >= 0.6 is 27.5 Å². The zero-order valence-electron chi connectivity index (χ0n) is 8.13. The van der Waals surface area contributed by atoms with Crippen LogP contribution in [0, 0.1) is 17.2 Å². The molecule has 0 aliphatic rings. The van der Waals surface area contributed by atoms with Crippen LogP contribution in [0.15, 0.2) is 22.7 Å². The Kier molecular flexibility index (Phi) is 4.31. The highest BCUT2D eigenvalue weighted by atomic mass is 79.9. The zero-order chi connectivity index (χ0) is 11.4. The summed E-state index contributed by atoms with van der Waals surface area (Å²) >= 11 is 9.02. The molecule has 2 nitrogen and oxygen atoms in total. The molecule has 0 saturated heterocycles. The van der Waals surface area contributed by atoms with Crippen molar-refractivity contribution in [3.63, 3.8) is 0 Å². The number of Topliss-reactive ketones (excluding diaryl/α,β-unsaturated/α-hetero) is 1. The van der Waals surface area contributed by atoms with Gasteiger partial charge >= 0.3 is 0 Å². The van der Waals surface area contributed by atoms with E-state index in [1.165, 1.54) is 0 Å². The van der Waals surface area contributed by atoms with Crippen LogP contribution in [-0.2, 0) is 0 Å². The lowest BCUT2D eigenvalue weighted by molar-refractivity contribution is 0.0946. The highest BCUT2D eigenvalue weighted by molar-refractivity contribution is 9.10. The Labute approximate surface area is 102 Å². The third kappa shape index (κ3) is 2.80. The summed E-state index contributed by atoms with van der Waals surface area (Å²) < 4.78 is 0.633.